The van der Waals surface area contributed by atoms with Gasteiger partial charge in [0.05, 0.1) is 49.1 Å². The maximum atomic E-state index is 15.2. The molecule has 7 unspecified atom stereocenters. The van der Waals surface area contributed by atoms with Crippen LogP contribution in [0.1, 0.15) is 102 Å². The van der Waals surface area contributed by atoms with E-state index in [1.54, 1.807) is 0 Å². The quantitative estimate of drug-likeness (QED) is 0.127. The molecule has 3 aromatic carbocycles. The average Bonchev–Trinajstić information content (AvgIpc) is 4.06. The fourth-order valence-electron chi connectivity index (χ4n) is 9.91. The van der Waals surface area contributed by atoms with Gasteiger partial charge in [-0.2, -0.15) is 0 Å². The van der Waals surface area contributed by atoms with Crippen LogP contribution in [0.2, 0.25) is 0 Å². The minimum absolute atomic E-state index is 0.138. The first-order chi connectivity index (χ1) is 30.4. The first-order valence-corrected chi connectivity index (χ1v) is 22.5. The molecule has 2 aromatic heterocycles. The maximum absolute atomic E-state index is 15.2. The second-order valence-corrected chi connectivity index (χ2v) is 18.1. The van der Waals surface area contributed by atoms with E-state index in [1.807, 2.05) is 37.1 Å². The summed E-state index contributed by atoms with van der Waals surface area (Å²) >= 11 is 0. The van der Waals surface area contributed by atoms with Gasteiger partial charge in [-0.15, -0.1) is 0 Å². The molecule has 2 saturated heterocycles. The fraction of sp³-hybridized carbons (Fsp3) is 0.440. The zero-order valence-corrected chi connectivity index (χ0v) is 37.2. The Balaban J connectivity index is 1.07. The van der Waals surface area contributed by atoms with Crippen LogP contribution in [0.15, 0.2) is 77.9 Å². The highest BCUT2D eigenvalue weighted by Gasteiger charge is 2.41. The molecule has 330 valence electrons. The minimum Gasteiger partial charge on any atom is -0.497 e. The van der Waals surface area contributed by atoms with E-state index in [4.69, 9.17) is 24.2 Å². The zero-order valence-electron chi connectivity index (χ0n) is 37.2. The number of likely N-dealkylation sites (tertiary alicyclic amines) is 1. The number of hydrogen-bond acceptors (Lipinski definition) is 8. The van der Waals surface area contributed by atoms with E-state index in [0.717, 1.165) is 83.2 Å². The monoisotopic (exact) mass is 855 g/mol. The topological polar surface area (TPSA) is 135 Å². The maximum Gasteiger partial charge on any atom is 0.407 e. The second kappa shape index (κ2) is 17.3. The molecule has 3 N–H and O–H groups in total. The largest absolute Gasteiger partial charge is 0.497 e. The minimum atomic E-state index is -0.728. The molecule has 7 atom stereocenters. The number of amides is 2. The third-order valence-electron chi connectivity index (χ3n) is 13.7. The van der Waals surface area contributed by atoms with E-state index < -0.39 is 24.2 Å². The molecule has 13 heteroatoms. The molecule has 2 amide bonds. The summed E-state index contributed by atoms with van der Waals surface area (Å²) in [4.78, 5) is 41.8. The van der Waals surface area contributed by atoms with Gasteiger partial charge < -0.3 is 39.3 Å². The summed E-state index contributed by atoms with van der Waals surface area (Å²) in [6.07, 6.45) is 8.48. The molecule has 9 rings (SSSR count). The number of imidazole rings is 1. The molecule has 2 fully saturated rings. The van der Waals surface area contributed by atoms with Crippen molar-refractivity contribution in [2.45, 2.75) is 104 Å². The Morgan fingerprint density at radius 2 is 1.86 bits per heavy atom. The molecule has 5 aromatic rings. The number of aliphatic imine (C=N–C) groups is 1. The predicted molar refractivity (Wildman–Crippen MR) is 243 cm³/mol. The van der Waals surface area contributed by atoms with Crippen molar-refractivity contribution in [2.24, 2.45) is 22.7 Å². The summed E-state index contributed by atoms with van der Waals surface area (Å²) < 4.78 is 34.7. The van der Waals surface area contributed by atoms with Crippen LogP contribution in [0.25, 0.3) is 39.1 Å². The molecule has 4 aliphatic rings. The SMILES string of the molecule is CCC1CC(c2ncc(-c3ccc4c(c3)cc3n4C(c4cc(F)cc(OC)c4)Oc4cc(C5=CCCCC(C6CC(C)C(C)N6)=N5)ccc4-3)[nH]2)N(C(=O)C(NC(=O)OC)C(C)C)C1. The van der Waals surface area contributed by atoms with Gasteiger partial charge in [-0.3, -0.25) is 9.79 Å². The summed E-state index contributed by atoms with van der Waals surface area (Å²) in [5.74, 6) is 2.00. The standard InChI is InChI=1S/C50H58FN7O5/c1-8-30-18-44(57(26-30)48(59)46(27(2)3)56-50(60)62-7)47-52-25-41(55-47)31-14-16-42-33(19-31)22-43-37-15-13-32(38-11-9-10-12-39(54-38)40-17-28(4)29(5)53-40)23-45(37)63-49(58(42)43)34-20-35(51)24-36(21-34)61-6/h11,13-16,19-25,27-30,40,44,46,49,53H,8-10,12,17-18,26H2,1-7H3,(H,52,55)(H,56,60). The van der Waals surface area contributed by atoms with Crippen molar-refractivity contribution in [3.8, 4) is 34.0 Å². The molecule has 12 nitrogen and oxygen atoms in total. The van der Waals surface area contributed by atoms with Crippen LogP contribution in [0.4, 0.5) is 9.18 Å². The summed E-state index contributed by atoms with van der Waals surface area (Å²) in [5, 5.41) is 7.49. The number of nitrogens with zero attached hydrogens (tertiary/aromatic N) is 4. The molecule has 0 bridgehead atoms. The van der Waals surface area contributed by atoms with Crippen LogP contribution < -0.4 is 20.1 Å². The predicted octanol–water partition coefficient (Wildman–Crippen LogP) is 9.82. The lowest BCUT2D eigenvalue weighted by Gasteiger charge is -2.31. The van der Waals surface area contributed by atoms with Gasteiger partial charge in [-0.1, -0.05) is 52.3 Å². The number of allylic oxidation sites excluding steroid dienone is 1. The molecule has 0 radical (unpaired) electrons. The third kappa shape index (κ3) is 8.11. The van der Waals surface area contributed by atoms with E-state index in [1.165, 1.54) is 32.1 Å². The van der Waals surface area contributed by atoms with Gasteiger partial charge in [0.25, 0.3) is 0 Å². The Hall–Kier alpha value is -5.95. The van der Waals surface area contributed by atoms with Crippen LogP contribution in [0, 0.1) is 23.6 Å². The number of aromatic nitrogens is 3. The number of methoxy groups -OCH3 is 2. The number of nitrogens with one attached hydrogen (secondary N) is 3. The van der Waals surface area contributed by atoms with Crippen molar-refractivity contribution in [2.75, 3.05) is 20.8 Å². The number of rotatable bonds is 10. The van der Waals surface area contributed by atoms with E-state index in [-0.39, 0.29) is 23.9 Å². The number of fused-ring (bicyclic) bond motifs is 5. The zero-order chi connectivity index (χ0) is 44.1. The van der Waals surface area contributed by atoms with Gasteiger partial charge in [-0.05, 0) is 99.2 Å². The van der Waals surface area contributed by atoms with Crippen molar-refractivity contribution in [3.63, 3.8) is 0 Å². The number of halogens is 1. The van der Waals surface area contributed by atoms with Crippen LogP contribution >= 0.6 is 0 Å². The molecule has 0 spiro atoms. The number of benzene rings is 3. The van der Waals surface area contributed by atoms with Gasteiger partial charge in [0.1, 0.15) is 29.2 Å². The molecule has 0 aliphatic carbocycles. The summed E-state index contributed by atoms with van der Waals surface area (Å²) in [7, 11) is 2.83. The highest BCUT2D eigenvalue weighted by atomic mass is 19.1. The lowest BCUT2D eigenvalue weighted by atomic mass is 9.99. The summed E-state index contributed by atoms with van der Waals surface area (Å²) in [6.45, 7) is 11.1. The Bertz CT molecular complexity index is 2600. The van der Waals surface area contributed by atoms with E-state index >= 15 is 4.39 Å². The summed E-state index contributed by atoms with van der Waals surface area (Å²) in [5.41, 5.74) is 8.30. The summed E-state index contributed by atoms with van der Waals surface area (Å²) in [6, 6.07) is 19.2. The second-order valence-electron chi connectivity index (χ2n) is 18.1. The van der Waals surface area contributed by atoms with Crippen LogP contribution in [-0.2, 0) is 9.53 Å². The molecule has 4 aliphatic heterocycles. The van der Waals surface area contributed by atoms with Crippen molar-refractivity contribution >= 4 is 34.3 Å². The first-order valence-electron chi connectivity index (χ1n) is 22.5. The van der Waals surface area contributed by atoms with Gasteiger partial charge in [0, 0.05) is 58.0 Å². The van der Waals surface area contributed by atoms with Crippen LogP contribution in [-0.4, -0.2) is 76.0 Å². The van der Waals surface area contributed by atoms with Gasteiger partial charge in [0.15, 0.2) is 0 Å². The number of H-pyrrole nitrogens is 1. The van der Waals surface area contributed by atoms with Gasteiger partial charge in [0.2, 0.25) is 12.1 Å². The average molecular weight is 856 g/mol. The van der Waals surface area contributed by atoms with Crippen molar-refractivity contribution in [1.82, 2.24) is 30.1 Å². The normalized spacial score (nSPS) is 23.7. The number of alkyl carbamates (subject to hydrolysis) is 1. The smallest absolute Gasteiger partial charge is 0.407 e. The number of carbonyl (C=O) groups excluding carboxylic acids is 2. The lowest BCUT2D eigenvalue weighted by Crippen LogP contribution is -2.51. The third-order valence-corrected chi connectivity index (χ3v) is 13.7. The van der Waals surface area contributed by atoms with E-state index in [2.05, 4.69) is 83.4 Å². The van der Waals surface area contributed by atoms with Crippen LogP contribution in [0.3, 0.4) is 0 Å². The first kappa shape index (κ1) is 42.4. The fourth-order valence-corrected chi connectivity index (χ4v) is 9.91. The number of hydrogen-bond donors (Lipinski definition) is 3. The molecule has 0 saturated carbocycles. The lowest BCUT2D eigenvalue weighted by molar-refractivity contribution is -0.135. The number of carbonyl (C=O) groups is 2. The Morgan fingerprint density at radius 1 is 1.03 bits per heavy atom. The van der Waals surface area contributed by atoms with Crippen molar-refractivity contribution in [3.05, 3.63) is 95.7 Å². The van der Waals surface area contributed by atoms with Gasteiger partial charge >= 0.3 is 6.09 Å². The highest BCUT2D eigenvalue weighted by molar-refractivity contribution is 5.96. The van der Waals surface area contributed by atoms with E-state index in [9.17, 15) is 9.59 Å². The molecule has 63 heavy (non-hydrogen) atoms. The molecule has 6 heterocycles. The Kier molecular flexibility index (Phi) is 11.6. The van der Waals surface area contributed by atoms with Gasteiger partial charge in [-0.25, -0.2) is 14.2 Å². The Labute approximate surface area is 368 Å². The Morgan fingerprint density at radius 3 is 2.60 bits per heavy atom. The van der Waals surface area contributed by atoms with Crippen molar-refractivity contribution < 1.29 is 28.2 Å². The molecular formula is C50H58FN7O5. The van der Waals surface area contributed by atoms with E-state index in [0.29, 0.717) is 47.3 Å². The molecular weight excluding hydrogens is 798 g/mol. The number of ether oxygens (including phenoxy) is 3. The van der Waals surface area contributed by atoms with Crippen LogP contribution in [0.5, 0.6) is 11.5 Å². The highest BCUT2D eigenvalue weighted by Crippen LogP contribution is 2.47. The van der Waals surface area contributed by atoms with Crippen molar-refractivity contribution in [1.29, 1.82) is 0 Å². The number of aromatic amines is 1.